The van der Waals surface area contributed by atoms with Gasteiger partial charge in [-0.3, -0.25) is 4.79 Å². The number of likely N-dealkylation sites (tertiary alicyclic amines) is 1. The first-order valence-electron chi connectivity index (χ1n) is 7.77. The smallest absolute Gasteiger partial charge is 0.232 e. The SMILES string of the molecule is Cn1ccnc1[C@@H]1CCCN(C(=O)CSc2ccc(Cl)cc2)C1. The molecule has 1 amide bonds. The average Bonchev–Trinajstić information content (AvgIpc) is 3.00. The number of rotatable bonds is 4. The summed E-state index contributed by atoms with van der Waals surface area (Å²) in [5.41, 5.74) is 0. The summed E-state index contributed by atoms with van der Waals surface area (Å²) in [6, 6.07) is 7.61. The van der Waals surface area contributed by atoms with Gasteiger partial charge in [-0.25, -0.2) is 4.98 Å². The van der Waals surface area contributed by atoms with Gasteiger partial charge in [0, 0.05) is 48.4 Å². The second-order valence-corrected chi connectivity index (χ2v) is 7.30. The van der Waals surface area contributed by atoms with Crippen LogP contribution in [0.3, 0.4) is 0 Å². The van der Waals surface area contributed by atoms with E-state index in [0.717, 1.165) is 41.7 Å². The number of thioether (sulfide) groups is 1. The first kappa shape index (κ1) is 16.4. The number of hydrogen-bond acceptors (Lipinski definition) is 3. The van der Waals surface area contributed by atoms with Crippen LogP contribution in [0.4, 0.5) is 0 Å². The highest BCUT2D eigenvalue weighted by Crippen LogP contribution is 2.27. The van der Waals surface area contributed by atoms with Gasteiger partial charge in [0.05, 0.1) is 5.75 Å². The number of carbonyl (C=O) groups is 1. The van der Waals surface area contributed by atoms with E-state index < -0.39 is 0 Å². The molecule has 1 fully saturated rings. The number of halogens is 1. The summed E-state index contributed by atoms with van der Waals surface area (Å²) in [6.07, 6.45) is 5.92. The van der Waals surface area contributed by atoms with Crippen molar-refractivity contribution < 1.29 is 4.79 Å². The van der Waals surface area contributed by atoms with Gasteiger partial charge in [0.25, 0.3) is 0 Å². The van der Waals surface area contributed by atoms with E-state index in [1.807, 2.05) is 48.6 Å². The van der Waals surface area contributed by atoms with Crippen LogP contribution in [0.1, 0.15) is 24.6 Å². The lowest BCUT2D eigenvalue weighted by Gasteiger charge is -2.32. The number of imidazole rings is 1. The molecule has 2 aromatic rings. The number of amides is 1. The van der Waals surface area contributed by atoms with Gasteiger partial charge in [-0.2, -0.15) is 0 Å². The van der Waals surface area contributed by atoms with E-state index in [1.165, 1.54) is 0 Å². The van der Waals surface area contributed by atoms with Crippen LogP contribution in [0.25, 0.3) is 0 Å². The van der Waals surface area contributed by atoms with E-state index in [9.17, 15) is 4.79 Å². The van der Waals surface area contributed by atoms with Crippen LogP contribution in [0, 0.1) is 0 Å². The van der Waals surface area contributed by atoms with Crippen molar-refractivity contribution in [2.24, 2.45) is 7.05 Å². The Morgan fingerprint density at radius 3 is 2.87 bits per heavy atom. The van der Waals surface area contributed by atoms with Gasteiger partial charge in [0.1, 0.15) is 5.82 Å². The topological polar surface area (TPSA) is 38.1 Å². The molecule has 0 radical (unpaired) electrons. The third kappa shape index (κ3) is 4.09. The Morgan fingerprint density at radius 1 is 1.39 bits per heavy atom. The highest BCUT2D eigenvalue weighted by atomic mass is 35.5. The molecule has 0 bridgehead atoms. The van der Waals surface area contributed by atoms with E-state index in [1.54, 1.807) is 11.8 Å². The van der Waals surface area contributed by atoms with Crippen LogP contribution in [-0.4, -0.2) is 39.2 Å². The summed E-state index contributed by atoms with van der Waals surface area (Å²) in [5.74, 6) is 2.08. The van der Waals surface area contributed by atoms with Crippen molar-refractivity contribution in [1.82, 2.24) is 14.5 Å². The van der Waals surface area contributed by atoms with Gasteiger partial charge < -0.3 is 9.47 Å². The molecule has 1 atom stereocenters. The maximum Gasteiger partial charge on any atom is 0.232 e. The summed E-state index contributed by atoms with van der Waals surface area (Å²) >= 11 is 7.44. The third-order valence-corrected chi connectivity index (χ3v) is 5.42. The molecular weight excluding hydrogens is 330 g/mol. The number of benzene rings is 1. The molecule has 1 aromatic carbocycles. The molecule has 23 heavy (non-hydrogen) atoms. The zero-order valence-electron chi connectivity index (χ0n) is 13.1. The molecule has 0 aliphatic carbocycles. The van der Waals surface area contributed by atoms with E-state index in [4.69, 9.17) is 11.6 Å². The fourth-order valence-electron chi connectivity index (χ4n) is 2.95. The largest absolute Gasteiger partial charge is 0.341 e. The Balaban J connectivity index is 1.56. The molecular formula is C17H20ClN3OS. The summed E-state index contributed by atoms with van der Waals surface area (Å²) in [4.78, 5) is 20.0. The first-order chi connectivity index (χ1) is 11.1. The van der Waals surface area contributed by atoms with E-state index in [-0.39, 0.29) is 5.91 Å². The number of aryl methyl sites for hydroxylation is 1. The van der Waals surface area contributed by atoms with Gasteiger partial charge >= 0.3 is 0 Å². The maximum atomic E-state index is 12.5. The summed E-state index contributed by atoms with van der Waals surface area (Å²) in [5, 5.41) is 0.717. The van der Waals surface area contributed by atoms with Crippen molar-refractivity contribution >= 4 is 29.3 Å². The van der Waals surface area contributed by atoms with Gasteiger partial charge in [-0.1, -0.05) is 11.6 Å². The molecule has 1 saturated heterocycles. The number of carbonyl (C=O) groups excluding carboxylic acids is 1. The Morgan fingerprint density at radius 2 is 2.17 bits per heavy atom. The monoisotopic (exact) mass is 349 g/mol. The fourth-order valence-corrected chi connectivity index (χ4v) is 3.88. The number of piperidine rings is 1. The standard InChI is InChI=1S/C17H20ClN3OS/c1-20-10-8-19-17(20)13-3-2-9-21(11-13)16(22)12-23-15-6-4-14(18)5-7-15/h4-8,10,13H,2-3,9,11-12H2,1H3/t13-/m1/s1. The second kappa shape index (κ2) is 7.41. The van der Waals surface area contributed by atoms with E-state index >= 15 is 0 Å². The summed E-state index contributed by atoms with van der Waals surface area (Å²) < 4.78 is 2.06. The molecule has 122 valence electrons. The van der Waals surface area contributed by atoms with Crippen LogP contribution in [-0.2, 0) is 11.8 Å². The van der Waals surface area contributed by atoms with Crippen molar-refractivity contribution in [2.45, 2.75) is 23.7 Å². The predicted octanol–water partition coefficient (Wildman–Crippen LogP) is 3.57. The lowest BCUT2D eigenvalue weighted by atomic mass is 9.97. The maximum absolute atomic E-state index is 12.5. The Labute approximate surface area is 145 Å². The molecule has 0 N–H and O–H groups in total. The minimum atomic E-state index is 0.198. The normalized spacial score (nSPS) is 18.2. The predicted molar refractivity (Wildman–Crippen MR) is 93.9 cm³/mol. The lowest BCUT2D eigenvalue weighted by Crippen LogP contribution is -2.40. The van der Waals surface area contributed by atoms with Crippen molar-refractivity contribution in [3.05, 3.63) is 47.5 Å². The molecule has 4 nitrogen and oxygen atoms in total. The fraction of sp³-hybridized carbons (Fsp3) is 0.412. The van der Waals surface area contributed by atoms with Crippen LogP contribution >= 0.6 is 23.4 Å². The molecule has 6 heteroatoms. The van der Waals surface area contributed by atoms with E-state index in [0.29, 0.717) is 11.7 Å². The van der Waals surface area contributed by atoms with Crippen LogP contribution in [0.5, 0.6) is 0 Å². The van der Waals surface area contributed by atoms with Crippen LogP contribution < -0.4 is 0 Å². The molecule has 2 heterocycles. The zero-order chi connectivity index (χ0) is 16.2. The third-order valence-electron chi connectivity index (χ3n) is 4.17. The highest BCUT2D eigenvalue weighted by molar-refractivity contribution is 8.00. The Bertz CT molecular complexity index is 671. The molecule has 1 aliphatic rings. The second-order valence-electron chi connectivity index (χ2n) is 5.82. The molecule has 0 spiro atoms. The Kier molecular flexibility index (Phi) is 5.28. The first-order valence-corrected chi connectivity index (χ1v) is 9.13. The van der Waals surface area contributed by atoms with Crippen molar-refractivity contribution in [2.75, 3.05) is 18.8 Å². The Hall–Kier alpha value is -1.46. The molecule has 0 saturated carbocycles. The van der Waals surface area contributed by atoms with E-state index in [2.05, 4.69) is 9.55 Å². The quantitative estimate of drug-likeness (QED) is 0.792. The minimum absolute atomic E-state index is 0.198. The summed E-state index contributed by atoms with van der Waals surface area (Å²) in [6.45, 7) is 1.62. The number of aromatic nitrogens is 2. The molecule has 1 aliphatic heterocycles. The summed E-state index contributed by atoms with van der Waals surface area (Å²) in [7, 11) is 2.01. The van der Waals surface area contributed by atoms with Gasteiger partial charge in [-0.05, 0) is 37.1 Å². The van der Waals surface area contributed by atoms with Crippen molar-refractivity contribution in [3.8, 4) is 0 Å². The van der Waals surface area contributed by atoms with Crippen LogP contribution in [0.2, 0.25) is 5.02 Å². The van der Waals surface area contributed by atoms with Gasteiger partial charge in [0.2, 0.25) is 5.91 Å². The number of nitrogens with zero attached hydrogens (tertiary/aromatic N) is 3. The van der Waals surface area contributed by atoms with Crippen molar-refractivity contribution in [3.63, 3.8) is 0 Å². The van der Waals surface area contributed by atoms with Crippen molar-refractivity contribution in [1.29, 1.82) is 0 Å². The average molecular weight is 350 g/mol. The highest BCUT2D eigenvalue weighted by Gasteiger charge is 2.26. The number of hydrogen-bond donors (Lipinski definition) is 0. The van der Waals surface area contributed by atoms with Gasteiger partial charge in [-0.15, -0.1) is 11.8 Å². The minimum Gasteiger partial charge on any atom is -0.341 e. The van der Waals surface area contributed by atoms with Gasteiger partial charge in [0.15, 0.2) is 0 Å². The zero-order valence-corrected chi connectivity index (χ0v) is 14.7. The molecule has 0 unspecified atom stereocenters. The lowest BCUT2D eigenvalue weighted by molar-refractivity contribution is -0.129. The molecule has 3 rings (SSSR count). The van der Waals surface area contributed by atoms with Crippen LogP contribution in [0.15, 0.2) is 41.6 Å². The molecule has 1 aromatic heterocycles.